The first-order valence-corrected chi connectivity index (χ1v) is 10.7. The van der Waals surface area contributed by atoms with Crippen molar-refractivity contribution in [2.75, 3.05) is 47.4 Å². The Bertz CT molecular complexity index is 903. The first-order valence-electron chi connectivity index (χ1n) is 9.67. The Balaban J connectivity index is 2.16. The molecule has 9 nitrogen and oxygen atoms in total. The number of benzene rings is 1. The highest BCUT2D eigenvalue weighted by molar-refractivity contribution is 8.14. The molecule has 1 aromatic carbocycles. The molecule has 1 amide bonds. The zero-order valence-corrected chi connectivity index (χ0v) is 19.0. The summed E-state index contributed by atoms with van der Waals surface area (Å²) < 4.78 is 26.7. The molecule has 2 aliphatic heterocycles. The summed E-state index contributed by atoms with van der Waals surface area (Å²) in [4.78, 5) is 32.0. The number of nitrogens with zero attached hydrogens (tertiary/aromatic N) is 2. The summed E-state index contributed by atoms with van der Waals surface area (Å²) in [5, 5.41) is 0.556. The Labute approximate surface area is 185 Å². The molecule has 0 aromatic heterocycles. The molecule has 0 unspecified atom stereocenters. The predicted octanol–water partition coefficient (Wildman–Crippen LogP) is 2.55. The number of amides is 1. The first kappa shape index (κ1) is 23.0. The molecule has 0 bridgehead atoms. The number of carbonyl (C=O) groups is 2. The monoisotopic (exact) mass is 450 g/mol. The van der Waals surface area contributed by atoms with Crippen LogP contribution in [0.4, 0.5) is 0 Å². The fourth-order valence-electron chi connectivity index (χ4n) is 3.53. The maximum atomic E-state index is 13.0. The van der Waals surface area contributed by atoms with E-state index in [1.165, 1.54) is 40.2 Å². The molecule has 2 heterocycles. The van der Waals surface area contributed by atoms with Gasteiger partial charge < -0.3 is 23.7 Å². The largest absolute Gasteiger partial charge is 0.493 e. The molecule has 0 aliphatic carbocycles. The Morgan fingerprint density at radius 1 is 1.13 bits per heavy atom. The maximum Gasteiger partial charge on any atom is 0.338 e. The van der Waals surface area contributed by atoms with E-state index in [-0.39, 0.29) is 24.7 Å². The molecule has 168 valence electrons. The van der Waals surface area contributed by atoms with Crippen molar-refractivity contribution in [3.8, 4) is 17.2 Å². The summed E-state index contributed by atoms with van der Waals surface area (Å²) in [6.07, 6.45) is 0.343. The number of allylic oxidation sites excluding steroid dienone is 1. The molecule has 10 heteroatoms. The van der Waals surface area contributed by atoms with Crippen molar-refractivity contribution in [2.45, 2.75) is 19.4 Å². The predicted molar refractivity (Wildman–Crippen MR) is 116 cm³/mol. The van der Waals surface area contributed by atoms with Crippen LogP contribution in [0, 0.1) is 0 Å². The number of esters is 1. The van der Waals surface area contributed by atoms with Gasteiger partial charge in [0, 0.05) is 19.3 Å². The lowest BCUT2D eigenvalue weighted by atomic mass is 9.93. The smallest absolute Gasteiger partial charge is 0.338 e. The van der Waals surface area contributed by atoms with E-state index < -0.39 is 12.0 Å². The molecular formula is C21H26N2O7S. The van der Waals surface area contributed by atoms with E-state index in [9.17, 15) is 9.59 Å². The van der Waals surface area contributed by atoms with Crippen molar-refractivity contribution in [3.63, 3.8) is 0 Å². The van der Waals surface area contributed by atoms with Crippen molar-refractivity contribution in [3.05, 3.63) is 29.0 Å². The normalized spacial score (nSPS) is 18.4. The van der Waals surface area contributed by atoms with Gasteiger partial charge in [-0.3, -0.25) is 9.69 Å². The summed E-state index contributed by atoms with van der Waals surface area (Å²) in [6.45, 7) is 2.09. The van der Waals surface area contributed by atoms with Gasteiger partial charge in [-0.1, -0.05) is 11.8 Å². The Kier molecular flexibility index (Phi) is 7.45. The van der Waals surface area contributed by atoms with Crippen LogP contribution in [-0.2, 0) is 19.1 Å². The van der Waals surface area contributed by atoms with E-state index >= 15 is 0 Å². The number of aliphatic imine (C=N–C) groups is 1. The minimum Gasteiger partial charge on any atom is -0.493 e. The van der Waals surface area contributed by atoms with Crippen LogP contribution in [0.1, 0.15) is 24.9 Å². The number of fused-ring (bicyclic) bond motifs is 1. The van der Waals surface area contributed by atoms with Gasteiger partial charge >= 0.3 is 5.97 Å². The number of methoxy groups -OCH3 is 4. The molecule has 0 spiro atoms. The van der Waals surface area contributed by atoms with Gasteiger partial charge in [-0.2, -0.15) is 0 Å². The fraction of sp³-hybridized carbons (Fsp3) is 0.476. The Hall–Kier alpha value is -2.72. The quantitative estimate of drug-likeness (QED) is 0.440. The molecule has 2 aliphatic rings. The van der Waals surface area contributed by atoms with Gasteiger partial charge in [0.05, 0.1) is 45.2 Å². The van der Waals surface area contributed by atoms with Crippen LogP contribution >= 0.6 is 11.8 Å². The van der Waals surface area contributed by atoms with Crippen molar-refractivity contribution < 1.29 is 33.3 Å². The number of amidine groups is 1. The minimum absolute atomic E-state index is 0.0906. The van der Waals surface area contributed by atoms with Crippen molar-refractivity contribution in [1.29, 1.82) is 0 Å². The molecule has 3 rings (SSSR count). The Morgan fingerprint density at radius 2 is 1.81 bits per heavy atom. The summed E-state index contributed by atoms with van der Waals surface area (Å²) in [5.74, 6) is 1.22. The van der Waals surface area contributed by atoms with E-state index in [4.69, 9.17) is 23.7 Å². The van der Waals surface area contributed by atoms with Gasteiger partial charge in [0.25, 0.3) is 0 Å². The number of carbonyl (C=O) groups excluding carboxylic acids is 2. The number of ether oxygens (including phenoxy) is 5. The zero-order valence-electron chi connectivity index (χ0n) is 18.2. The van der Waals surface area contributed by atoms with E-state index in [1.807, 2.05) is 0 Å². The molecule has 1 fully saturated rings. The Morgan fingerprint density at radius 3 is 2.39 bits per heavy atom. The van der Waals surface area contributed by atoms with E-state index in [2.05, 4.69) is 4.99 Å². The molecule has 1 atom stereocenters. The second-order valence-electron chi connectivity index (χ2n) is 6.75. The van der Waals surface area contributed by atoms with E-state index in [0.717, 1.165) is 0 Å². The van der Waals surface area contributed by atoms with Crippen LogP contribution in [0.25, 0.3) is 0 Å². The molecule has 1 aromatic rings. The molecule has 0 N–H and O–H groups in total. The maximum absolute atomic E-state index is 13.0. The van der Waals surface area contributed by atoms with Gasteiger partial charge in [-0.05, 0) is 24.6 Å². The van der Waals surface area contributed by atoms with Gasteiger partial charge in [0.1, 0.15) is 6.61 Å². The highest BCUT2D eigenvalue weighted by Crippen LogP contribution is 2.45. The standard InChI is InChI=1S/C21H26N2O7S/c1-12-17(20(25)30-8-7-26-2)18(23-16(24)6-9-31-21(23)22-12)13-10-14(27-3)19(29-5)15(11-13)28-4/h10-11,18H,6-9H2,1-5H3/t18-/m0/s1. The average Bonchev–Trinajstić information content (AvgIpc) is 2.77. The van der Waals surface area contributed by atoms with Gasteiger partial charge in [0.2, 0.25) is 11.7 Å². The second kappa shape index (κ2) is 10.1. The van der Waals surface area contributed by atoms with Crippen LogP contribution in [0.3, 0.4) is 0 Å². The van der Waals surface area contributed by atoms with Crippen molar-refractivity contribution in [1.82, 2.24) is 4.90 Å². The highest BCUT2D eigenvalue weighted by Gasteiger charge is 2.42. The van der Waals surface area contributed by atoms with Gasteiger partial charge in [0.15, 0.2) is 16.7 Å². The number of hydrogen-bond acceptors (Lipinski definition) is 9. The van der Waals surface area contributed by atoms with Crippen molar-refractivity contribution >= 4 is 28.8 Å². The fourth-order valence-corrected chi connectivity index (χ4v) is 4.53. The zero-order chi connectivity index (χ0) is 22.5. The molecular weight excluding hydrogens is 424 g/mol. The summed E-state index contributed by atoms with van der Waals surface area (Å²) >= 11 is 1.48. The lowest BCUT2D eigenvalue weighted by Gasteiger charge is -2.39. The third-order valence-electron chi connectivity index (χ3n) is 4.95. The molecule has 1 saturated heterocycles. The third-order valence-corrected chi connectivity index (χ3v) is 5.90. The lowest BCUT2D eigenvalue weighted by Crippen LogP contribution is -2.45. The molecule has 31 heavy (non-hydrogen) atoms. The van der Waals surface area contributed by atoms with E-state index in [1.54, 1.807) is 24.0 Å². The number of rotatable bonds is 8. The van der Waals surface area contributed by atoms with Crippen molar-refractivity contribution in [2.24, 2.45) is 4.99 Å². The summed E-state index contributed by atoms with van der Waals surface area (Å²) in [6, 6.07) is 2.73. The van der Waals surface area contributed by atoms with Crippen LogP contribution in [0.15, 0.2) is 28.4 Å². The number of thioether (sulfide) groups is 1. The van der Waals surface area contributed by atoms with Crippen LogP contribution in [0.5, 0.6) is 17.2 Å². The number of hydrogen-bond donors (Lipinski definition) is 0. The summed E-state index contributed by atoms with van der Waals surface area (Å²) in [7, 11) is 6.06. The molecule has 0 radical (unpaired) electrons. The van der Waals surface area contributed by atoms with E-state index in [0.29, 0.717) is 45.9 Å². The SMILES string of the molecule is COCCOC(=O)C1=C(C)N=C2SCCC(=O)N2[C@H]1c1cc(OC)c(OC)c(OC)c1. The lowest BCUT2D eigenvalue weighted by molar-refractivity contribution is -0.141. The summed E-state index contributed by atoms with van der Waals surface area (Å²) in [5.41, 5.74) is 1.40. The average molecular weight is 451 g/mol. The highest BCUT2D eigenvalue weighted by atomic mass is 32.2. The second-order valence-corrected chi connectivity index (χ2v) is 7.81. The van der Waals surface area contributed by atoms with Gasteiger partial charge in [-0.25, -0.2) is 9.79 Å². The topological polar surface area (TPSA) is 95.9 Å². The van der Waals surface area contributed by atoms with Gasteiger partial charge in [-0.15, -0.1) is 0 Å². The van der Waals surface area contributed by atoms with Crippen LogP contribution < -0.4 is 14.2 Å². The third kappa shape index (κ3) is 4.49. The minimum atomic E-state index is -0.739. The van der Waals surface area contributed by atoms with Crippen LogP contribution in [-0.4, -0.2) is 69.3 Å². The first-order chi connectivity index (χ1) is 15.0. The van der Waals surface area contributed by atoms with Crippen LogP contribution in [0.2, 0.25) is 0 Å². The molecule has 0 saturated carbocycles.